The Balaban J connectivity index is 2.35. The number of nitrogens with two attached hydrogens (primary N) is 1. The molecule has 1 rings (SSSR count). The zero-order chi connectivity index (χ0) is 9.68. The normalized spacial score (nSPS) is 19.6. The Hall–Kier alpha value is -0.730. The Bertz CT molecular complexity index is 169. The van der Waals surface area contributed by atoms with Crippen LogP contribution in [-0.4, -0.2) is 30.5 Å². The maximum Gasteiger partial charge on any atom is 0.191 e. The predicted octanol–water partition coefficient (Wildman–Crippen LogP) is 1.44. The Morgan fingerprint density at radius 2 is 1.92 bits per heavy atom. The summed E-state index contributed by atoms with van der Waals surface area (Å²) in [5, 5.41) is 0. The zero-order valence-electron chi connectivity index (χ0n) is 8.79. The van der Waals surface area contributed by atoms with Gasteiger partial charge in [-0.15, -0.1) is 0 Å². The topological polar surface area (TPSA) is 41.6 Å². The first-order chi connectivity index (χ1) is 6.20. The van der Waals surface area contributed by atoms with Crippen molar-refractivity contribution in [2.45, 2.75) is 33.1 Å². The molecule has 0 unspecified atom stereocenters. The fourth-order valence-corrected chi connectivity index (χ4v) is 1.50. The van der Waals surface area contributed by atoms with Gasteiger partial charge in [-0.3, -0.25) is 4.99 Å². The van der Waals surface area contributed by atoms with Gasteiger partial charge in [0.05, 0.1) is 0 Å². The lowest BCUT2D eigenvalue weighted by Crippen LogP contribution is -2.41. The van der Waals surface area contributed by atoms with Gasteiger partial charge >= 0.3 is 0 Å². The zero-order valence-corrected chi connectivity index (χ0v) is 8.79. The van der Waals surface area contributed by atoms with Gasteiger partial charge in [0.2, 0.25) is 0 Å². The number of hydrogen-bond acceptors (Lipinski definition) is 1. The van der Waals surface area contributed by atoms with Crippen LogP contribution in [0.5, 0.6) is 0 Å². The Morgan fingerprint density at radius 1 is 1.31 bits per heavy atom. The minimum Gasteiger partial charge on any atom is -0.370 e. The molecule has 13 heavy (non-hydrogen) atoms. The number of likely N-dealkylation sites (tertiary alicyclic amines) is 1. The molecule has 0 atom stereocenters. The second-order valence-electron chi connectivity index (χ2n) is 4.14. The molecule has 0 aromatic carbocycles. The number of aliphatic imine (C=N–C) groups is 1. The standard InChI is InChI=1S/C10H21N3/c1-9(2)8-12-10(11)13-6-4-3-5-7-13/h9H,3-8H2,1-2H3,(H2,11,12). The lowest BCUT2D eigenvalue weighted by Gasteiger charge is -2.27. The summed E-state index contributed by atoms with van der Waals surface area (Å²) in [4.78, 5) is 6.57. The van der Waals surface area contributed by atoms with Crippen LogP contribution >= 0.6 is 0 Å². The van der Waals surface area contributed by atoms with Gasteiger partial charge < -0.3 is 10.6 Å². The molecule has 1 aliphatic heterocycles. The minimum atomic E-state index is 0.600. The third-order valence-electron chi connectivity index (χ3n) is 2.30. The lowest BCUT2D eigenvalue weighted by molar-refractivity contribution is 0.337. The smallest absolute Gasteiger partial charge is 0.191 e. The van der Waals surface area contributed by atoms with Crippen LogP contribution in [0.25, 0.3) is 0 Å². The van der Waals surface area contributed by atoms with Crippen molar-refractivity contribution in [3.8, 4) is 0 Å². The van der Waals surface area contributed by atoms with Crippen LogP contribution in [0.15, 0.2) is 4.99 Å². The molecule has 76 valence electrons. The maximum atomic E-state index is 5.87. The van der Waals surface area contributed by atoms with Crippen LogP contribution in [0.1, 0.15) is 33.1 Å². The van der Waals surface area contributed by atoms with Crippen molar-refractivity contribution in [3.63, 3.8) is 0 Å². The van der Waals surface area contributed by atoms with Gasteiger partial charge in [0.1, 0.15) is 0 Å². The molecule has 0 aromatic heterocycles. The number of nitrogens with zero attached hydrogens (tertiary/aromatic N) is 2. The number of rotatable bonds is 2. The van der Waals surface area contributed by atoms with Crippen LogP contribution in [-0.2, 0) is 0 Å². The summed E-state index contributed by atoms with van der Waals surface area (Å²) < 4.78 is 0. The van der Waals surface area contributed by atoms with E-state index in [0.29, 0.717) is 5.92 Å². The summed E-state index contributed by atoms with van der Waals surface area (Å²) in [6, 6.07) is 0. The number of hydrogen-bond donors (Lipinski definition) is 1. The lowest BCUT2D eigenvalue weighted by atomic mass is 10.1. The van der Waals surface area contributed by atoms with Crippen LogP contribution in [0.4, 0.5) is 0 Å². The van der Waals surface area contributed by atoms with E-state index in [2.05, 4.69) is 23.7 Å². The summed E-state index contributed by atoms with van der Waals surface area (Å²) in [6.07, 6.45) is 3.86. The molecule has 0 spiro atoms. The number of guanidine groups is 1. The van der Waals surface area contributed by atoms with Crippen molar-refractivity contribution in [1.82, 2.24) is 4.90 Å². The van der Waals surface area contributed by atoms with E-state index in [4.69, 9.17) is 5.73 Å². The predicted molar refractivity (Wildman–Crippen MR) is 56.8 cm³/mol. The minimum absolute atomic E-state index is 0.600. The van der Waals surface area contributed by atoms with E-state index in [1.165, 1.54) is 19.3 Å². The highest BCUT2D eigenvalue weighted by molar-refractivity contribution is 5.78. The molecule has 1 fully saturated rings. The van der Waals surface area contributed by atoms with Crippen molar-refractivity contribution in [1.29, 1.82) is 0 Å². The first-order valence-electron chi connectivity index (χ1n) is 5.25. The molecular weight excluding hydrogens is 162 g/mol. The van der Waals surface area contributed by atoms with Crippen molar-refractivity contribution >= 4 is 5.96 Å². The SMILES string of the molecule is CC(C)CN=C(N)N1CCCCC1. The quantitative estimate of drug-likeness (QED) is 0.520. The van der Waals surface area contributed by atoms with Gasteiger partial charge in [-0.1, -0.05) is 13.8 Å². The van der Waals surface area contributed by atoms with Crippen LogP contribution in [0, 0.1) is 5.92 Å². The maximum absolute atomic E-state index is 5.87. The average Bonchev–Trinajstić information content (AvgIpc) is 2.15. The third-order valence-corrected chi connectivity index (χ3v) is 2.30. The Morgan fingerprint density at radius 3 is 2.46 bits per heavy atom. The van der Waals surface area contributed by atoms with Crippen LogP contribution in [0.2, 0.25) is 0 Å². The van der Waals surface area contributed by atoms with Gasteiger partial charge in [0, 0.05) is 19.6 Å². The fourth-order valence-electron chi connectivity index (χ4n) is 1.50. The van der Waals surface area contributed by atoms with Gasteiger partial charge in [-0.2, -0.15) is 0 Å². The van der Waals surface area contributed by atoms with Gasteiger partial charge in [-0.25, -0.2) is 0 Å². The van der Waals surface area contributed by atoms with Gasteiger partial charge in [0.15, 0.2) is 5.96 Å². The first kappa shape index (κ1) is 10.4. The van der Waals surface area contributed by atoms with Gasteiger partial charge in [-0.05, 0) is 25.2 Å². The summed E-state index contributed by atoms with van der Waals surface area (Å²) in [5.41, 5.74) is 5.87. The van der Waals surface area contributed by atoms with Crippen molar-refractivity contribution in [3.05, 3.63) is 0 Å². The molecule has 1 heterocycles. The van der Waals surface area contributed by atoms with Crippen molar-refractivity contribution in [2.75, 3.05) is 19.6 Å². The summed E-state index contributed by atoms with van der Waals surface area (Å²) in [7, 11) is 0. The molecule has 3 nitrogen and oxygen atoms in total. The molecule has 0 saturated carbocycles. The average molecular weight is 183 g/mol. The fraction of sp³-hybridized carbons (Fsp3) is 0.900. The summed E-state index contributed by atoms with van der Waals surface area (Å²) in [6.45, 7) is 7.35. The highest BCUT2D eigenvalue weighted by atomic mass is 15.2. The van der Waals surface area contributed by atoms with E-state index < -0.39 is 0 Å². The number of piperidine rings is 1. The highest BCUT2D eigenvalue weighted by Crippen LogP contribution is 2.08. The largest absolute Gasteiger partial charge is 0.370 e. The molecule has 0 bridgehead atoms. The second-order valence-corrected chi connectivity index (χ2v) is 4.14. The summed E-state index contributed by atoms with van der Waals surface area (Å²) >= 11 is 0. The molecule has 2 N–H and O–H groups in total. The molecule has 0 aliphatic carbocycles. The summed E-state index contributed by atoms with van der Waals surface area (Å²) in [5.74, 6) is 1.34. The van der Waals surface area contributed by atoms with E-state index in [1.54, 1.807) is 0 Å². The van der Waals surface area contributed by atoms with Crippen LogP contribution in [0.3, 0.4) is 0 Å². The van der Waals surface area contributed by atoms with E-state index in [-0.39, 0.29) is 0 Å². The Labute approximate surface area is 81.0 Å². The molecule has 1 saturated heterocycles. The second kappa shape index (κ2) is 5.10. The van der Waals surface area contributed by atoms with E-state index >= 15 is 0 Å². The van der Waals surface area contributed by atoms with E-state index in [1.807, 2.05) is 0 Å². The van der Waals surface area contributed by atoms with E-state index in [0.717, 1.165) is 25.6 Å². The molecule has 0 aromatic rings. The van der Waals surface area contributed by atoms with Crippen LogP contribution < -0.4 is 5.73 Å². The Kier molecular flexibility index (Phi) is 4.06. The third kappa shape index (κ3) is 3.66. The van der Waals surface area contributed by atoms with Crippen molar-refractivity contribution < 1.29 is 0 Å². The van der Waals surface area contributed by atoms with Gasteiger partial charge in [0.25, 0.3) is 0 Å². The molecule has 0 radical (unpaired) electrons. The molecular formula is C10H21N3. The molecule has 1 aliphatic rings. The monoisotopic (exact) mass is 183 g/mol. The molecule has 3 heteroatoms. The first-order valence-corrected chi connectivity index (χ1v) is 5.25. The highest BCUT2D eigenvalue weighted by Gasteiger charge is 2.11. The molecule has 0 amide bonds. The van der Waals surface area contributed by atoms with Crippen molar-refractivity contribution in [2.24, 2.45) is 16.6 Å². The van der Waals surface area contributed by atoms with E-state index in [9.17, 15) is 0 Å².